The van der Waals surface area contributed by atoms with Gasteiger partial charge in [-0.15, -0.1) is 0 Å². The average Bonchev–Trinajstić information content (AvgIpc) is 2.30. The zero-order chi connectivity index (χ0) is 10.5. The van der Waals surface area contributed by atoms with Gasteiger partial charge < -0.3 is 5.32 Å². The largest absolute Gasteiger partial charge is 0.312 e. The normalized spacial score (nSPS) is 28.9. The Kier molecular flexibility index (Phi) is 4.54. The van der Waals surface area contributed by atoms with Crippen LogP contribution in [0.1, 0.15) is 19.8 Å². The number of nitrogens with zero attached hydrogens (tertiary/aromatic N) is 1. The van der Waals surface area contributed by atoms with E-state index in [-0.39, 0.29) is 0 Å². The van der Waals surface area contributed by atoms with Gasteiger partial charge in [0.15, 0.2) is 0 Å². The summed E-state index contributed by atoms with van der Waals surface area (Å²) in [6.07, 6.45) is 4.97. The second kappa shape index (κ2) is 5.92. The van der Waals surface area contributed by atoms with Crippen LogP contribution in [0.3, 0.4) is 0 Å². The Balaban J connectivity index is 1.65. The van der Waals surface area contributed by atoms with E-state index < -0.39 is 0 Å². The summed E-state index contributed by atoms with van der Waals surface area (Å²) in [5.74, 6) is 2.60. The molecule has 0 aromatic heterocycles. The maximum Gasteiger partial charge on any atom is 0.0170 e. The van der Waals surface area contributed by atoms with Gasteiger partial charge in [0, 0.05) is 37.2 Å². The van der Waals surface area contributed by atoms with Crippen LogP contribution in [0, 0.1) is 0 Å². The molecule has 1 unspecified atom stereocenters. The minimum absolute atomic E-state index is 0.760. The van der Waals surface area contributed by atoms with Crippen molar-refractivity contribution < 1.29 is 0 Å². The number of hydrogen-bond acceptors (Lipinski definition) is 3. The van der Waals surface area contributed by atoms with Crippen LogP contribution in [0.4, 0.5) is 0 Å². The van der Waals surface area contributed by atoms with Crippen LogP contribution in [0.5, 0.6) is 0 Å². The van der Waals surface area contributed by atoms with Gasteiger partial charge in [0.2, 0.25) is 0 Å². The first-order valence-corrected chi connectivity index (χ1v) is 7.19. The predicted octanol–water partition coefficient (Wildman–Crippen LogP) is 1.73. The van der Waals surface area contributed by atoms with Gasteiger partial charge in [-0.1, -0.05) is 11.6 Å². The molecule has 0 aromatic carbocycles. The van der Waals surface area contributed by atoms with E-state index in [0.29, 0.717) is 0 Å². The SMILES string of the molecule is CC1=CCN(CCC2CSCCN2)CC1. The molecule has 1 fully saturated rings. The van der Waals surface area contributed by atoms with Gasteiger partial charge in [0.25, 0.3) is 0 Å². The summed E-state index contributed by atoms with van der Waals surface area (Å²) >= 11 is 2.10. The highest BCUT2D eigenvalue weighted by Crippen LogP contribution is 2.13. The quantitative estimate of drug-likeness (QED) is 0.738. The zero-order valence-corrected chi connectivity index (χ0v) is 10.5. The third-order valence-electron chi connectivity index (χ3n) is 3.31. The molecule has 15 heavy (non-hydrogen) atoms. The zero-order valence-electron chi connectivity index (χ0n) is 9.67. The van der Waals surface area contributed by atoms with E-state index in [9.17, 15) is 0 Å². The van der Waals surface area contributed by atoms with Gasteiger partial charge in [-0.05, 0) is 26.3 Å². The third kappa shape index (κ3) is 3.82. The van der Waals surface area contributed by atoms with Crippen molar-refractivity contribution in [1.29, 1.82) is 0 Å². The van der Waals surface area contributed by atoms with Crippen LogP contribution in [0.15, 0.2) is 11.6 Å². The second-order valence-electron chi connectivity index (χ2n) is 4.62. The molecule has 86 valence electrons. The molecule has 0 saturated carbocycles. The van der Waals surface area contributed by atoms with Crippen molar-refractivity contribution in [3.63, 3.8) is 0 Å². The van der Waals surface area contributed by atoms with Crippen molar-refractivity contribution in [3.05, 3.63) is 11.6 Å². The average molecular weight is 226 g/mol. The molecule has 1 atom stereocenters. The highest BCUT2D eigenvalue weighted by Gasteiger charge is 2.15. The molecule has 0 aromatic rings. The van der Waals surface area contributed by atoms with Crippen LogP contribution in [-0.4, -0.2) is 48.6 Å². The van der Waals surface area contributed by atoms with E-state index in [2.05, 4.69) is 35.0 Å². The monoisotopic (exact) mass is 226 g/mol. The first-order valence-electron chi connectivity index (χ1n) is 6.04. The lowest BCUT2D eigenvalue weighted by atomic mass is 10.1. The molecule has 0 bridgehead atoms. The number of nitrogens with one attached hydrogen (secondary N) is 1. The van der Waals surface area contributed by atoms with Crippen molar-refractivity contribution in [2.75, 3.05) is 37.7 Å². The third-order valence-corrected chi connectivity index (χ3v) is 4.44. The highest BCUT2D eigenvalue weighted by atomic mass is 32.2. The first-order chi connectivity index (χ1) is 7.34. The minimum atomic E-state index is 0.760. The molecular formula is C12H22N2S. The maximum absolute atomic E-state index is 3.60. The predicted molar refractivity (Wildman–Crippen MR) is 68.5 cm³/mol. The Morgan fingerprint density at radius 1 is 1.60 bits per heavy atom. The Morgan fingerprint density at radius 2 is 2.53 bits per heavy atom. The summed E-state index contributed by atoms with van der Waals surface area (Å²) in [6, 6.07) is 0.760. The molecule has 3 heteroatoms. The van der Waals surface area contributed by atoms with E-state index in [4.69, 9.17) is 0 Å². The number of thioether (sulfide) groups is 1. The lowest BCUT2D eigenvalue weighted by Gasteiger charge is -2.29. The smallest absolute Gasteiger partial charge is 0.0170 e. The molecular weight excluding hydrogens is 204 g/mol. The Morgan fingerprint density at radius 3 is 3.20 bits per heavy atom. The van der Waals surface area contributed by atoms with Crippen molar-refractivity contribution in [1.82, 2.24) is 10.2 Å². The van der Waals surface area contributed by atoms with Crippen LogP contribution in [-0.2, 0) is 0 Å². The van der Waals surface area contributed by atoms with Gasteiger partial charge in [-0.3, -0.25) is 4.90 Å². The van der Waals surface area contributed by atoms with Crippen LogP contribution in [0.25, 0.3) is 0 Å². The molecule has 0 radical (unpaired) electrons. The van der Waals surface area contributed by atoms with Crippen molar-refractivity contribution >= 4 is 11.8 Å². The van der Waals surface area contributed by atoms with E-state index in [1.54, 1.807) is 5.57 Å². The molecule has 1 N–H and O–H groups in total. The first kappa shape index (κ1) is 11.5. The van der Waals surface area contributed by atoms with Gasteiger partial charge in [-0.25, -0.2) is 0 Å². The van der Waals surface area contributed by atoms with E-state index >= 15 is 0 Å². The van der Waals surface area contributed by atoms with E-state index in [1.165, 1.54) is 50.5 Å². The Bertz CT molecular complexity index is 222. The van der Waals surface area contributed by atoms with Crippen LogP contribution >= 0.6 is 11.8 Å². The van der Waals surface area contributed by atoms with Gasteiger partial charge in [0.05, 0.1) is 0 Å². The lowest BCUT2D eigenvalue weighted by Crippen LogP contribution is -2.40. The molecule has 1 saturated heterocycles. The molecule has 2 heterocycles. The maximum atomic E-state index is 3.60. The van der Waals surface area contributed by atoms with E-state index in [1.807, 2.05) is 0 Å². The number of hydrogen-bond donors (Lipinski definition) is 1. The Hall–Kier alpha value is 0.01000. The summed E-state index contributed by atoms with van der Waals surface area (Å²) in [6.45, 7) is 7.15. The van der Waals surface area contributed by atoms with Crippen LogP contribution < -0.4 is 5.32 Å². The standard InChI is InChI=1S/C12H22N2S/c1-11-2-6-14(7-3-11)8-4-12-10-15-9-5-13-12/h2,12-13H,3-10H2,1H3. The summed E-state index contributed by atoms with van der Waals surface area (Å²) in [5.41, 5.74) is 1.57. The van der Waals surface area contributed by atoms with E-state index in [0.717, 1.165) is 6.04 Å². The molecule has 0 amide bonds. The van der Waals surface area contributed by atoms with Gasteiger partial charge in [0.1, 0.15) is 0 Å². The summed E-state index contributed by atoms with van der Waals surface area (Å²) in [4.78, 5) is 2.58. The van der Waals surface area contributed by atoms with Crippen LogP contribution in [0.2, 0.25) is 0 Å². The fraction of sp³-hybridized carbons (Fsp3) is 0.833. The fourth-order valence-corrected chi connectivity index (χ4v) is 3.16. The summed E-state index contributed by atoms with van der Waals surface area (Å²) in [7, 11) is 0. The van der Waals surface area contributed by atoms with Crippen molar-refractivity contribution in [3.8, 4) is 0 Å². The molecule has 0 aliphatic carbocycles. The van der Waals surface area contributed by atoms with Gasteiger partial charge in [-0.2, -0.15) is 11.8 Å². The highest BCUT2D eigenvalue weighted by molar-refractivity contribution is 7.99. The summed E-state index contributed by atoms with van der Waals surface area (Å²) < 4.78 is 0. The van der Waals surface area contributed by atoms with Gasteiger partial charge >= 0.3 is 0 Å². The fourth-order valence-electron chi connectivity index (χ4n) is 2.16. The Labute approximate surface area is 97.5 Å². The molecule has 2 nitrogen and oxygen atoms in total. The second-order valence-corrected chi connectivity index (χ2v) is 5.77. The number of rotatable bonds is 3. The molecule has 0 spiro atoms. The van der Waals surface area contributed by atoms with Crippen molar-refractivity contribution in [2.24, 2.45) is 0 Å². The molecule has 2 aliphatic rings. The van der Waals surface area contributed by atoms with Crippen molar-refractivity contribution in [2.45, 2.75) is 25.8 Å². The molecule has 2 rings (SSSR count). The topological polar surface area (TPSA) is 15.3 Å². The lowest BCUT2D eigenvalue weighted by molar-refractivity contribution is 0.277. The summed E-state index contributed by atoms with van der Waals surface area (Å²) in [5, 5.41) is 3.60. The minimum Gasteiger partial charge on any atom is -0.312 e. The molecule has 2 aliphatic heterocycles.